The van der Waals surface area contributed by atoms with Crippen molar-refractivity contribution >= 4 is 22.5 Å². The summed E-state index contributed by atoms with van der Waals surface area (Å²) in [6.07, 6.45) is 2.80. The van der Waals surface area contributed by atoms with Crippen molar-refractivity contribution in [3.63, 3.8) is 0 Å². The summed E-state index contributed by atoms with van der Waals surface area (Å²) in [7, 11) is 1.65. The minimum atomic E-state index is -0.341. The van der Waals surface area contributed by atoms with Crippen molar-refractivity contribution < 1.29 is 9.13 Å². The van der Waals surface area contributed by atoms with Crippen LogP contribution in [-0.4, -0.2) is 18.6 Å². The molecule has 1 heterocycles. The van der Waals surface area contributed by atoms with Crippen molar-refractivity contribution in [1.82, 2.24) is 4.98 Å². The largest absolute Gasteiger partial charge is 0.497 e. The third kappa shape index (κ3) is 3.25. The second-order valence-corrected chi connectivity index (χ2v) is 6.17. The molecule has 0 aliphatic carbocycles. The SMILES string of the molecule is COc1ccc2[nH]c(-c3ccc(F)cc3Cl)c(CCCCN)c2c1. The molecule has 0 saturated heterocycles. The van der Waals surface area contributed by atoms with Gasteiger partial charge in [0.1, 0.15) is 11.6 Å². The summed E-state index contributed by atoms with van der Waals surface area (Å²) in [5.74, 6) is 0.463. The van der Waals surface area contributed by atoms with Gasteiger partial charge in [-0.1, -0.05) is 11.6 Å². The van der Waals surface area contributed by atoms with Gasteiger partial charge in [0.2, 0.25) is 0 Å². The summed E-state index contributed by atoms with van der Waals surface area (Å²) >= 11 is 6.28. The molecular weight excluding hydrogens is 327 g/mol. The third-order valence-electron chi connectivity index (χ3n) is 4.19. The number of aromatic amines is 1. The van der Waals surface area contributed by atoms with Crippen LogP contribution in [0.5, 0.6) is 5.75 Å². The Morgan fingerprint density at radius 2 is 2.00 bits per heavy atom. The molecule has 0 aliphatic heterocycles. The van der Waals surface area contributed by atoms with Crippen molar-refractivity contribution in [2.45, 2.75) is 19.3 Å². The van der Waals surface area contributed by atoms with Crippen molar-refractivity contribution in [2.75, 3.05) is 13.7 Å². The lowest BCUT2D eigenvalue weighted by molar-refractivity contribution is 0.415. The first kappa shape index (κ1) is 16.8. The van der Waals surface area contributed by atoms with E-state index in [1.807, 2.05) is 18.2 Å². The molecule has 3 rings (SSSR count). The molecule has 0 amide bonds. The zero-order valence-corrected chi connectivity index (χ0v) is 14.3. The molecule has 0 unspecified atom stereocenters. The molecule has 0 spiro atoms. The Labute approximate surface area is 145 Å². The van der Waals surface area contributed by atoms with Crippen molar-refractivity contribution in [1.29, 1.82) is 0 Å². The number of benzene rings is 2. The number of unbranched alkanes of at least 4 members (excludes halogenated alkanes) is 1. The Balaban J connectivity index is 2.16. The molecule has 126 valence electrons. The van der Waals surface area contributed by atoms with Crippen molar-refractivity contribution in [3.8, 4) is 17.0 Å². The first-order valence-electron chi connectivity index (χ1n) is 7.98. The van der Waals surface area contributed by atoms with Gasteiger partial charge in [0.25, 0.3) is 0 Å². The number of hydrogen-bond acceptors (Lipinski definition) is 2. The fourth-order valence-electron chi connectivity index (χ4n) is 2.98. The lowest BCUT2D eigenvalue weighted by atomic mass is 10.00. The maximum absolute atomic E-state index is 13.4. The zero-order valence-electron chi connectivity index (χ0n) is 13.5. The summed E-state index contributed by atoms with van der Waals surface area (Å²) in [6, 6.07) is 10.4. The Hall–Kier alpha value is -2.04. The van der Waals surface area contributed by atoms with Gasteiger partial charge in [0.05, 0.1) is 17.8 Å². The van der Waals surface area contributed by atoms with Crippen LogP contribution in [0.1, 0.15) is 18.4 Å². The lowest BCUT2D eigenvalue weighted by Gasteiger charge is -2.07. The number of H-pyrrole nitrogens is 1. The first-order valence-corrected chi connectivity index (χ1v) is 8.36. The Kier molecular flexibility index (Phi) is 5.07. The molecule has 0 radical (unpaired) electrons. The van der Waals surface area contributed by atoms with E-state index < -0.39 is 0 Å². The molecule has 5 heteroatoms. The van der Waals surface area contributed by atoms with E-state index in [0.717, 1.165) is 52.7 Å². The van der Waals surface area contributed by atoms with E-state index in [2.05, 4.69) is 4.98 Å². The Morgan fingerprint density at radius 1 is 1.17 bits per heavy atom. The first-order chi connectivity index (χ1) is 11.6. The molecule has 3 N–H and O–H groups in total. The van der Waals surface area contributed by atoms with Gasteiger partial charge in [0.15, 0.2) is 0 Å². The van der Waals surface area contributed by atoms with Crippen LogP contribution < -0.4 is 10.5 Å². The molecule has 2 aromatic carbocycles. The standard InChI is InChI=1S/C19H20ClFN2O/c1-24-13-6-8-18-16(11-13)14(4-2-3-9-22)19(23-18)15-7-5-12(21)10-17(15)20/h5-8,10-11,23H,2-4,9,22H2,1H3. The number of aromatic nitrogens is 1. The fourth-order valence-corrected chi connectivity index (χ4v) is 3.24. The van der Waals surface area contributed by atoms with Crippen LogP contribution in [0.2, 0.25) is 5.02 Å². The normalized spacial score (nSPS) is 11.2. The highest BCUT2D eigenvalue weighted by molar-refractivity contribution is 6.33. The van der Waals surface area contributed by atoms with Crippen LogP contribution in [0.25, 0.3) is 22.2 Å². The number of ether oxygens (including phenoxy) is 1. The number of fused-ring (bicyclic) bond motifs is 1. The van der Waals surface area contributed by atoms with Gasteiger partial charge in [-0.3, -0.25) is 0 Å². The van der Waals surface area contributed by atoms with Gasteiger partial charge < -0.3 is 15.5 Å². The predicted octanol–water partition coefficient (Wildman–Crippen LogP) is 4.92. The molecule has 0 aliphatic rings. The molecule has 0 atom stereocenters. The number of rotatable bonds is 6. The van der Waals surface area contributed by atoms with E-state index in [1.54, 1.807) is 13.2 Å². The monoisotopic (exact) mass is 346 g/mol. The van der Waals surface area contributed by atoms with Crippen molar-refractivity contribution in [2.24, 2.45) is 5.73 Å². The third-order valence-corrected chi connectivity index (χ3v) is 4.51. The summed E-state index contributed by atoms with van der Waals surface area (Å²) < 4.78 is 18.7. The molecule has 0 bridgehead atoms. The van der Waals surface area contributed by atoms with Gasteiger partial charge in [-0.05, 0) is 67.8 Å². The molecular formula is C19H20ClFN2O. The number of nitrogens with one attached hydrogen (secondary N) is 1. The molecule has 3 aromatic rings. The van der Waals surface area contributed by atoms with Gasteiger partial charge in [0, 0.05) is 16.5 Å². The second kappa shape index (κ2) is 7.24. The van der Waals surface area contributed by atoms with E-state index in [1.165, 1.54) is 12.1 Å². The number of methoxy groups -OCH3 is 1. The summed E-state index contributed by atoms with van der Waals surface area (Å²) in [4.78, 5) is 3.43. The summed E-state index contributed by atoms with van der Waals surface area (Å²) in [5.41, 5.74) is 9.52. The van der Waals surface area contributed by atoms with Gasteiger partial charge in [-0.15, -0.1) is 0 Å². The average Bonchev–Trinajstić information content (AvgIpc) is 2.92. The molecule has 3 nitrogen and oxygen atoms in total. The molecule has 1 aromatic heterocycles. The highest BCUT2D eigenvalue weighted by Gasteiger charge is 2.16. The molecule has 0 fully saturated rings. The number of halogens is 2. The van der Waals surface area contributed by atoms with Crippen LogP contribution in [0.4, 0.5) is 4.39 Å². The molecule has 24 heavy (non-hydrogen) atoms. The number of hydrogen-bond donors (Lipinski definition) is 2. The minimum Gasteiger partial charge on any atom is -0.497 e. The highest BCUT2D eigenvalue weighted by Crippen LogP contribution is 2.36. The lowest BCUT2D eigenvalue weighted by Crippen LogP contribution is -1.99. The highest BCUT2D eigenvalue weighted by atomic mass is 35.5. The van der Waals surface area contributed by atoms with E-state index in [-0.39, 0.29) is 5.82 Å². The smallest absolute Gasteiger partial charge is 0.124 e. The Morgan fingerprint density at radius 3 is 2.71 bits per heavy atom. The van der Waals surface area contributed by atoms with E-state index in [4.69, 9.17) is 22.1 Å². The average molecular weight is 347 g/mol. The van der Waals surface area contributed by atoms with E-state index in [9.17, 15) is 4.39 Å². The van der Waals surface area contributed by atoms with E-state index >= 15 is 0 Å². The van der Waals surface area contributed by atoms with Crippen LogP contribution >= 0.6 is 11.6 Å². The summed E-state index contributed by atoms with van der Waals surface area (Å²) in [6.45, 7) is 0.665. The maximum Gasteiger partial charge on any atom is 0.124 e. The number of nitrogens with two attached hydrogens (primary N) is 1. The quantitative estimate of drug-likeness (QED) is 0.622. The maximum atomic E-state index is 13.4. The summed E-state index contributed by atoms with van der Waals surface area (Å²) in [5, 5.41) is 1.50. The second-order valence-electron chi connectivity index (χ2n) is 5.76. The number of aryl methyl sites for hydroxylation is 1. The topological polar surface area (TPSA) is 51.0 Å². The zero-order chi connectivity index (χ0) is 17.1. The predicted molar refractivity (Wildman–Crippen MR) is 97.2 cm³/mol. The Bertz CT molecular complexity index is 860. The van der Waals surface area contributed by atoms with Crippen LogP contribution in [0.15, 0.2) is 36.4 Å². The van der Waals surface area contributed by atoms with Crippen molar-refractivity contribution in [3.05, 3.63) is 52.8 Å². The fraction of sp³-hybridized carbons (Fsp3) is 0.263. The van der Waals surface area contributed by atoms with Crippen LogP contribution in [0.3, 0.4) is 0 Å². The minimum absolute atomic E-state index is 0.341. The van der Waals surface area contributed by atoms with E-state index in [0.29, 0.717) is 11.6 Å². The van der Waals surface area contributed by atoms with Crippen LogP contribution in [-0.2, 0) is 6.42 Å². The van der Waals surface area contributed by atoms with Crippen LogP contribution in [0, 0.1) is 5.82 Å². The van der Waals surface area contributed by atoms with Gasteiger partial charge in [-0.25, -0.2) is 4.39 Å². The van der Waals surface area contributed by atoms with Gasteiger partial charge in [-0.2, -0.15) is 0 Å². The molecule has 0 saturated carbocycles. The van der Waals surface area contributed by atoms with Gasteiger partial charge >= 0.3 is 0 Å².